The summed E-state index contributed by atoms with van der Waals surface area (Å²) in [5, 5.41) is 7.72. The van der Waals surface area contributed by atoms with Crippen molar-refractivity contribution in [3.8, 4) is 5.75 Å². The van der Waals surface area contributed by atoms with Gasteiger partial charge in [-0.1, -0.05) is 0 Å². The maximum Gasteiger partial charge on any atom is 0.251 e. The SMILES string of the molecule is CCOc1ccc(NC(=O)CNC(=O)c2ccc(S(=O)(=O)N3CCNC(=O)C3)cc2)cc1. The lowest BCUT2D eigenvalue weighted by Crippen LogP contribution is -2.49. The molecule has 10 nitrogen and oxygen atoms in total. The summed E-state index contributed by atoms with van der Waals surface area (Å²) in [5.74, 6) is -0.606. The van der Waals surface area contributed by atoms with E-state index in [1.54, 1.807) is 24.3 Å². The lowest BCUT2D eigenvalue weighted by atomic mass is 10.2. The Labute approximate surface area is 186 Å². The van der Waals surface area contributed by atoms with Crippen LogP contribution in [0.15, 0.2) is 53.4 Å². The molecule has 0 bridgehead atoms. The molecule has 3 amide bonds. The number of piperazine rings is 1. The van der Waals surface area contributed by atoms with Crippen molar-refractivity contribution in [2.24, 2.45) is 0 Å². The van der Waals surface area contributed by atoms with Crippen LogP contribution in [0.5, 0.6) is 5.75 Å². The molecule has 1 heterocycles. The van der Waals surface area contributed by atoms with E-state index in [1.165, 1.54) is 24.3 Å². The molecule has 11 heteroatoms. The fraction of sp³-hybridized carbons (Fsp3) is 0.286. The monoisotopic (exact) mass is 460 g/mol. The Morgan fingerprint density at radius 2 is 1.78 bits per heavy atom. The predicted octanol–water partition coefficient (Wildman–Crippen LogP) is 0.574. The number of nitrogens with one attached hydrogen (secondary N) is 3. The average Bonchev–Trinajstić information content (AvgIpc) is 2.79. The number of hydrogen-bond acceptors (Lipinski definition) is 6. The first-order valence-electron chi connectivity index (χ1n) is 9.97. The van der Waals surface area contributed by atoms with Gasteiger partial charge in [-0.05, 0) is 55.5 Å². The van der Waals surface area contributed by atoms with E-state index < -0.39 is 21.8 Å². The second-order valence-electron chi connectivity index (χ2n) is 6.90. The topological polar surface area (TPSA) is 134 Å². The van der Waals surface area contributed by atoms with Gasteiger partial charge in [-0.3, -0.25) is 14.4 Å². The summed E-state index contributed by atoms with van der Waals surface area (Å²) in [6, 6.07) is 12.2. The van der Waals surface area contributed by atoms with E-state index >= 15 is 0 Å². The van der Waals surface area contributed by atoms with Crippen LogP contribution >= 0.6 is 0 Å². The highest BCUT2D eigenvalue weighted by Crippen LogP contribution is 2.17. The number of rotatable bonds is 8. The van der Waals surface area contributed by atoms with Crippen LogP contribution in [0.1, 0.15) is 17.3 Å². The van der Waals surface area contributed by atoms with Crippen LogP contribution < -0.4 is 20.7 Å². The van der Waals surface area contributed by atoms with Crippen LogP contribution in [-0.2, 0) is 19.6 Å². The molecule has 3 N–H and O–H groups in total. The molecule has 1 saturated heterocycles. The lowest BCUT2D eigenvalue weighted by Gasteiger charge is -2.25. The van der Waals surface area contributed by atoms with Gasteiger partial charge in [0.1, 0.15) is 5.75 Å². The molecule has 2 aromatic rings. The number of carbonyl (C=O) groups is 3. The molecule has 0 aliphatic carbocycles. The molecule has 0 aromatic heterocycles. The smallest absolute Gasteiger partial charge is 0.251 e. The number of amides is 3. The summed E-state index contributed by atoms with van der Waals surface area (Å²) in [7, 11) is -3.84. The molecule has 0 atom stereocenters. The maximum atomic E-state index is 12.6. The average molecular weight is 461 g/mol. The largest absolute Gasteiger partial charge is 0.494 e. The number of hydrogen-bond donors (Lipinski definition) is 3. The maximum absolute atomic E-state index is 12.6. The van der Waals surface area contributed by atoms with Crippen molar-refractivity contribution in [2.45, 2.75) is 11.8 Å². The first kappa shape index (κ1) is 23.2. The third kappa shape index (κ3) is 5.83. The van der Waals surface area contributed by atoms with Crippen molar-refractivity contribution >= 4 is 33.4 Å². The summed E-state index contributed by atoms with van der Waals surface area (Å²) in [6.07, 6.45) is 0. The van der Waals surface area contributed by atoms with Crippen LogP contribution in [0.4, 0.5) is 5.69 Å². The molecule has 3 rings (SSSR count). The number of ether oxygens (including phenoxy) is 1. The Hall–Kier alpha value is -3.44. The zero-order chi connectivity index (χ0) is 23.1. The van der Waals surface area contributed by atoms with Gasteiger partial charge in [0.25, 0.3) is 5.91 Å². The minimum Gasteiger partial charge on any atom is -0.494 e. The molecule has 32 heavy (non-hydrogen) atoms. The van der Waals surface area contributed by atoms with Gasteiger partial charge >= 0.3 is 0 Å². The highest BCUT2D eigenvalue weighted by Gasteiger charge is 2.29. The molecule has 1 aliphatic rings. The summed E-state index contributed by atoms with van der Waals surface area (Å²) < 4.78 is 31.7. The molecular weight excluding hydrogens is 436 g/mol. The van der Waals surface area contributed by atoms with Crippen molar-refractivity contribution in [1.82, 2.24) is 14.9 Å². The van der Waals surface area contributed by atoms with Crippen LogP contribution in [-0.4, -0.2) is 63.2 Å². The summed E-state index contributed by atoms with van der Waals surface area (Å²) in [5.41, 5.74) is 0.767. The second-order valence-corrected chi connectivity index (χ2v) is 8.84. The summed E-state index contributed by atoms with van der Waals surface area (Å²) >= 11 is 0. The minimum absolute atomic E-state index is 0.0167. The normalized spacial score (nSPS) is 14.3. The Kier molecular flexibility index (Phi) is 7.44. The lowest BCUT2D eigenvalue weighted by molar-refractivity contribution is -0.122. The van der Waals surface area contributed by atoms with Gasteiger partial charge in [-0.25, -0.2) is 8.42 Å². The number of anilines is 1. The molecule has 0 radical (unpaired) electrons. The number of sulfonamides is 1. The molecular formula is C21H24N4O6S. The highest BCUT2D eigenvalue weighted by molar-refractivity contribution is 7.89. The van der Waals surface area contributed by atoms with Crippen LogP contribution in [0.25, 0.3) is 0 Å². The molecule has 0 saturated carbocycles. The van der Waals surface area contributed by atoms with E-state index in [4.69, 9.17) is 4.74 Å². The van der Waals surface area contributed by atoms with Gasteiger partial charge in [0.2, 0.25) is 21.8 Å². The Bertz CT molecular complexity index is 1080. The second kappa shape index (κ2) is 10.2. The van der Waals surface area contributed by atoms with E-state index in [-0.39, 0.29) is 42.5 Å². The van der Waals surface area contributed by atoms with E-state index in [1.807, 2.05) is 6.92 Å². The number of carbonyl (C=O) groups excluding carboxylic acids is 3. The first-order valence-corrected chi connectivity index (χ1v) is 11.4. The van der Waals surface area contributed by atoms with Gasteiger partial charge in [0.15, 0.2) is 0 Å². The summed E-state index contributed by atoms with van der Waals surface area (Å²) in [6.45, 7) is 2.35. The van der Waals surface area contributed by atoms with Gasteiger partial charge in [0.05, 0.1) is 24.6 Å². The first-order chi connectivity index (χ1) is 15.3. The quantitative estimate of drug-likeness (QED) is 0.528. The van der Waals surface area contributed by atoms with Crippen molar-refractivity contribution in [3.05, 3.63) is 54.1 Å². The van der Waals surface area contributed by atoms with Gasteiger partial charge in [-0.15, -0.1) is 0 Å². The number of nitrogens with zero attached hydrogens (tertiary/aromatic N) is 1. The van der Waals surface area contributed by atoms with Crippen LogP contribution in [0, 0.1) is 0 Å². The summed E-state index contributed by atoms with van der Waals surface area (Å²) in [4.78, 5) is 35.8. The highest BCUT2D eigenvalue weighted by atomic mass is 32.2. The van der Waals surface area contributed by atoms with E-state index in [2.05, 4.69) is 16.0 Å². The predicted molar refractivity (Wildman–Crippen MR) is 117 cm³/mol. The molecule has 2 aromatic carbocycles. The van der Waals surface area contributed by atoms with Crippen molar-refractivity contribution in [1.29, 1.82) is 0 Å². The van der Waals surface area contributed by atoms with Crippen molar-refractivity contribution in [2.75, 3.05) is 38.1 Å². The molecule has 0 spiro atoms. The van der Waals surface area contributed by atoms with Gasteiger partial charge < -0.3 is 20.7 Å². The standard InChI is InChI=1S/C21H24N4O6S/c1-2-31-17-7-5-16(6-8-17)24-19(26)13-23-21(28)15-3-9-18(10-4-15)32(29,30)25-12-11-22-20(27)14-25/h3-10H,2,11-14H2,1H3,(H,22,27)(H,23,28)(H,24,26). The number of benzene rings is 2. The van der Waals surface area contributed by atoms with E-state index in [0.717, 1.165) is 4.31 Å². The van der Waals surface area contributed by atoms with Gasteiger partial charge in [0, 0.05) is 24.3 Å². The third-order valence-electron chi connectivity index (χ3n) is 4.62. The fourth-order valence-electron chi connectivity index (χ4n) is 3.02. The Balaban J connectivity index is 1.54. The van der Waals surface area contributed by atoms with Gasteiger partial charge in [-0.2, -0.15) is 4.31 Å². The van der Waals surface area contributed by atoms with Crippen LogP contribution in [0.2, 0.25) is 0 Å². The van der Waals surface area contributed by atoms with Crippen molar-refractivity contribution < 1.29 is 27.5 Å². The minimum atomic E-state index is -3.84. The zero-order valence-electron chi connectivity index (χ0n) is 17.5. The molecule has 170 valence electrons. The Morgan fingerprint density at radius 3 is 2.41 bits per heavy atom. The van der Waals surface area contributed by atoms with Crippen molar-refractivity contribution in [3.63, 3.8) is 0 Å². The molecule has 1 aliphatic heterocycles. The molecule has 1 fully saturated rings. The third-order valence-corrected chi connectivity index (χ3v) is 6.48. The Morgan fingerprint density at radius 1 is 1.09 bits per heavy atom. The fourth-order valence-corrected chi connectivity index (χ4v) is 4.41. The van der Waals surface area contributed by atoms with E-state index in [9.17, 15) is 22.8 Å². The van der Waals surface area contributed by atoms with Crippen LogP contribution in [0.3, 0.4) is 0 Å². The van der Waals surface area contributed by atoms with E-state index in [0.29, 0.717) is 18.0 Å². The molecule has 0 unspecified atom stereocenters. The zero-order valence-corrected chi connectivity index (χ0v) is 18.3.